The molecule has 0 aromatic heterocycles. The van der Waals surface area contributed by atoms with Crippen molar-refractivity contribution in [3.63, 3.8) is 0 Å². The van der Waals surface area contributed by atoms with E-state index in [-0.39, 0.29) is 18.5 Å². The van der Waals surface area contributed by atoms with Crippen molar-refractivity contribution in [3.05, 3.63) is 24.3 Å². The molecule has 1 aliphatic heterocycles. The van der Waals surface area contributed by atoms with Crippen LogP contribution in [-0.2, 0) is 9.53 Å². The quantitative estimate of drug-likeness (QED) is 0.357. The van der Waals surface area contributed by atoms with Gasteiger partial charge in [-0.05, 0) is 37.5 Å². The Morgan fingerprint density at radius 2 is 2.09 bits per heavy atom. The molecule has 1 heterocycles. The van der Waals surface area contributed by atoms with Crippen LogP contribution in [0.3, 0.4) is 0 Å². The SMILES string of the molecule is CCCCC/C=C/C=C\C(C)C(C)CCC1CC(O)CC(=O)O1. The van der Waals surface area contributed by atoms with Gasteiger partial charge in [0.1, 0.15) is 6.10 Å². The van der Waals surface area contributed by atoms with Gasteiger partial charge in [-0.15, -0.1) is 0 Å². The second kappa shape index (κ2) is 11.4. The van der Waals surface area contributed by atoms with Crippen LogP contribution < -0.4 is 0 Å². The maximum Gasteiger partial charge on any atom is 0.308 e. The molecule has 0 radical (unpaired) electrons. The van der Waals surface area contributed by atoms with Gasteiger partial charge in [0.15, 0.2) is 0 Å². The highest BCUT2D eigenvalue weighted by atomic mass is 16.5. The molecule has 0 saturated carbocycles. The van der Waals surface area contributed by atoms with E-state index in [1.54, 1.807) is 0 Å². The van der Waals surface area contributed by atoms with E-state index in [2.05, 4.69) is 45.1 Å². The van der Waals surface area contributed by atoms with Gasteiger partial charge in [0.2, 0.25) is 0 Å². The number of hydrogen-bond acceptors (Lipinski definition) is 3. The van der Waals surface area contributed by atoms with E-state index in [0.29, 0.717) is 18.3 Å². The number of hydrogen-bond donors (Lipinski definition) is 1. The largest absolute Gasteiger partial charge is 0.462 e. The summed E-state index contributed by atoms with van der Waals surface area (Å²) in [6.07, 6.45) is 15.8. The predicted octanol–water partition coefficient (Wildman–Crippen LogP) is 4.80. The summed E-state index contributed by atoms with van der Waals surface area (Å²) in [6, 6.07) is 0. The maximum absolute atomic E-state index is 11.3. The zero-order valence-corrected chi connectivity index (χ0v) is 15.0. The number of allylic oxidation sites excluding steroid dienone is 4. The minimum atomic E-state index is -0.522. The fourth-order valence-electron chi connectivity index (χ4n) is 2.87. The number of unbranched alkanes of at least 4 members (excludes halogenated alkanes) is 3. The molecule has 3 nitrogen and oxygen atoms in total. The van der Waals surface area contributed by atoms with Crippen LogP contribution in [0.15, 0.2) is 24.3 Å². The second-order valence-electron chi connectivity index (χ2n) is 6.93. The number of rotatable bonds is 10. The molecule has 1 saturated heterocycles. The van der Waals surface area contributed by atoms with Crippen molar-refractivity contribution in [1.82, 2.24) is 0 Å². The lowest BCUT2D eigenvalue weighted by Crippen LogP contribution is -2.32. The number of aliphatic hydroxyl groups is 1. The Morgan fingerprint density at radius 3 is 2.78 bits per heavy atom. The molecule has 0 aromatic rings. The summed E-state index contributed by atoms with van der Waals surface area (Å²) in [7, 11) is 0. The molecular weight excluding hydrogens is 288 g/mol. The molecule has 1 aliphatic rings. The molecule has 1 N–H and O–H groups in total. The lowest BCUT2D eigenvalue weighted by molar-refractivity contribution is -0.160. The highest BCUT2D eigenvalue weighted by molar-refractivity contribution is 5.70. The van der Waals surface area contributed by atoms with Gasteiger partial charge >= 0.3 is 5.97 Å². The molecule has 0 amide bonds. The smallest absolute Gasteiger partial charge is 0.308 e. The molecule has 1 rings (SSSR count). The van der Waals surface area contributed by atoms with Crippen LogP contribution in [0.25, 0.3) is 0 Å². The Morgan fingerprint density at radius 1 is 1.30 bits per heavy atom. The first-order chi connectivity index (χ1) is 11.0. The number of aliphatic hydroxyl groups excluding tert-OH is 1. The third-order valence-electron chi connectivity index (χ3n) is 4.71. The number of cyclic esters (lactones) is 1. The summed E-state index contributed by atoms with van der Waals surface area (Å²) in [5.74, 6) is 0.777. The number of carbonyl (C=O) groups excluding carboxylic acids is 1. The first kappa shape index (κ1) is 20.0. The van der Waals surface area contributed by atoms with Gasteiger partial charge in [0.25, 0.3) is 0 Å². The Hall–Kier alpha value is -1.09. The normalized spacial score (nSPS) is 25.0. The van der Waals surface area contributed by atoms with Crippen LogP contribution in [0, 0.1) is 11.8 Å². The van der Waals surface area contributed by atoms with Crippen molar-refractivity contribution in [2.75, 3.05) is 0 Å². The fraction of sp³-hybridized carbons (Fsp3) is 0.750. The van der Waals surface area contributed by atoms with E-state index < -0.39 is 6.10 Å². The molecule has 132 valence electrons. The Labute approximate surface area is 141 Å². The fourth-order valence-corrected chi connectivity index (χ4v) is 2.87. The van der Waals surface area contributed by atoms with Gasteiger partial charge in [-0.1, -0.05) is 57.9 Å². The second-order valence-corrected chi connectivity index (χ2v) is 6.93. The van der Waals surface area contributed by atoms with Crippen molar-refractivity contribution in [2.24, 2.45) is 11.8 Å². The minimum Gasteiger partial charge on any atom is -0.462 e. The first-order valence-electron chi connectivity index (χ1n) is 9.23. The first-order valence-corrected chi connectivity index (χ1v) is 9.23. The van der Waals surface area contributed by atoms with Gasteiger partial charge < -0.3 is 9.84 Å². The molecule has 0 spiro atoms. The topological polar surface area (TPSA) is 46.5 Å². The van der Waals surface area contributed by atoms with Crippen LogP contribution in [0.1, 0.15) is 72.1 Å². The van der Waals surface area contributed by atoms with E-state index >= 15 is 0 Å². The van der Waals surface area contributed by atoms with Crippen molar-refractivity contribution in [3.8, 4) is 0 Å². The average Bonchev–Trinajstić information content (AvgIpc) is 2.50. The van der Waals surface area contributed by atoms with Crippen LogP contribution >= 0.6 is 0 Å². The van der Waals surface area contributed by atoms with Crippen LogP contribution in [0.5, 0.6) is 0 Å². The maximum atomic E-state index is 11.3. The Kier molecular flexibility index (Phi) is 9.93. The summed E-state index contributed by atoms with van der Waals surface area (Å²) < 4.78 is 5.30. The average molecular weight is 322 g/mol. The van der Waals surface area contributed by atoms with E-state index in [4.69, 9.17) is 4.74 Å². The Balaban J connectivity index is 2.22. The zero-order chi connectivity index (χ0) is 17.1. The third-order valence-corrected chi connectivity index (χ3v) is 4.71. The lowest BCUT2D eigenvalue weighted by atomic mass is 9.89. The molecule has 1 fully saturated rings. The molecule has 3 heteroatoms. The molecule has 4 unspecified atom stereocenters. The highest BCUT2D eigenvalue weighted by Crippen LogP contribution is 2.24. The van der Waals surface area contributed by atoms with E-state index in [1.807, 2.05) is 0 Å². The molecule has 4 atom stereocenters. The highest BCUT2D eigenvalue weighted by Gasteiger charge is 2.27. The summed E-state index contributed by atoms with van der Waals surface area (Å²) in [5.41, 5.74) is 0. The molecule has 0 aromatic carbocycles. The van der Waals surface area contributed by atoms with Crippen molar-refractivity contribution < 1.29 is 14.6 Å². The zero-order valence-electron chi connectivity index (χ0n) is 15.0. The number of ether oxygens (including phenoxy) is 1. The predicted molar refractivity (Wildman–Crippen MR) is 95.1 cm³/mol. The monoisotopic (exact) mass is 322 g/mol. The van der Waals surface area contributed by atoms with Crippen LogP contribution in [0.4, 0.5) is 0 Å². The van der Waals surface area contributed by atoms with E-state index in [1.165, 1.54) is 19.3 Å². The van der Waals surface area contributed by atoms with E-state index in [9.17, 15) is 9.90 Å². The molecular formula is C20H34O3. The van der Waals surface area contributed by atoms with Crippen LogP contribution in [-0.4, -0.2) is 23.3 Å². The molecule has 23 heavy (non-hydrogen) atoms. The van der Waals surface area contributed by atoms with Gasteiger partial charge in [0, 0.05) is 6.42 Å². The minimum absolute atomic E-state index is 0.108. The van der Waals surface area contributed by atoms with Crippen molar-refractivity contribution >= 4 is 5.97 Å². The van der Waals surface area contributed by atoms with Crippen LogP contribution in [0.2, 0.25) is 0 Å². The van der Waals surface area contributed by atoms with Gasteiger partial charge in [-0.25, -0.2) is 0 Å². The summed E-state index contributed by atoms with van der Waals surface area (Å²) in [5, 5.41) is 9.63. The summed E-state index contributed by atoms with van der Waals surface area (Å²) in [6.45, 7) is 6.69. The van der Waals surface area contributed by atoms with Crippen molar-refractivity contribution in [2.45, 2.75) is 84.3 Å². The summed E-state index contributed by atoms with van der Waals surface area (Å²) in [4.78, 5) is 11.3. The van der Waals surface area contributed by atoms with Gasteiger partial charge in [0.05, 0.1) is 12.5 Å². The van der Waals surface area contributed by atoms with Crippen molar-refractivity contribution in [1.29, 1.82) is 0 Å². The lowest BCUT2D eigenvalue weighted by Gasteiger charge is -2.27. The van der Waals surface area contributed by atoms with Gasteiger partial charge in [-0.3, -0.25) is 4.79 Å². The van der Waals surface area contributed by atoms with E-state index in [0.717, 1.165) is 19.3 Å². The van der Waals surface area contributed by atoms with Gasteiger partial charge in [-0.2, -0.15) is 0 Å². The standard InChI is InChI=1S/C20H34O3/c1-4-5-6-7-8-9-10-11-16(2)17(3)12-13-19-14-18(21)15-20(22)23-19/h8-11,16-19,21H,4-7,12-15H2,1-3H3/b9-8+,11-10-. The molecule has 0 bridgehead atoms. The third kappa shape index (κ3) is 8.95. The number of esters is 1. The Bertz CT molecular complexity index is 386. The molecule has 0 aliphatic carbocycles. The summed E-state index contributed by atoms with van der Waals surface area (Å²) >= 11 is 0. The number of carbonyl (C=O) groups is 1.